The van der Waals surface area contributed by atoms with Gasteiger partial charge in [0.25, 0.3) is 0 Å². The number of aromatic nitrogens is 1. The quantitative estimate of drug-likeness (QED) is 0.128. The first-order valence-electron chi connectivity index (χ1n) is 21.9. The molecule has 0 saturated heterocycles. The van der Waals surface area contributed by atoms with E-state index in [4.69, 9.17) is 0 Å². The lowest BCUT2D eigenvalue weighted by atomic mass is 9.81. The number of nitrogens with zero attached hydrogens (tertiary/aromatic N) is 3. The predicted octanol–water partition coefficient (Wildman–Crippen LogP) is 16.2. The van der Waals surface area contributed by atoms with Crippen LogP contribution in [0.5, 0.6) is 0 Å². The molecule has 11 aromatic carbocycles. The van der Waals surface area contributed by atoms with Crippen molar-refractivity contribution in [1.82, 2.24) is 4.98 Å². The maximum atomic E-state index is 10.3. The maximum absolute atomic E-state index is 10.3. The Balaban J connectivity index is 1.16. The highest BCUT2D eigenvalue weighted by Crippen LogP contribution is 2.51. The Morgan fingerprint density at radius 2 is 1.05 bits per heavy atom. The van der Waals surface area contributed by atoms with E-state index in [1.54, 1.807) is 0 Å². The minimum absolute atomic E-state index is 0.704. The molecule has 2 heterocycles. The molecule has 0 N–H and O–H groups in total. The summed E-state index contributed by atoms with van der Waals surface area (Å²) in [6.45, 7) is 0.731. The lowest BCUT2D eigenvalue weighted by molar-refractivity contribution is 0.982. The van der Waals surface area contributed by atoms with Gasteiger partial charge in [0.15, 0.2) is 0 Å². The fourth-order valence-corrected chi connectivity index (χ4v) is 10.7. The molecule has 0 bridgehead atoms. The summed E-state index contributed by atoms with van der Waals surface area (Å²) in [6.07, 6.45) is 3.79. The second-order valence-corrected chi connectivity index (χ2v) is 16.9. The summed E-state index contributed by atoms with van der Waals surface area (Å²) >= 11 is 0. The maximum Gasteiger partial charge on any atom is 0.0998 e. The van der Waals surface area contributed by atoms with E-state index in [1.165, 1.54) is 87.1 Å². The Hall–Kier alpha value is -8.58. The van der Waals surface area contributed by atoms with Crippen LogP contribution in [0, 0.1) is 11.3 Å². The third kappa shape index (κ3) is 5.43. The van der Waals surface area contributed by atoms with Crippen LogP contribution in [0.3, 0.4) is 0 Å². The van der Waals surface area contributed by atoms with Gasteiger partial charge in [-0.3, -0.25) is 4.98 Å². The van der Waals surface area contributed by atoms with Gasteiger partial charge in [-0.1, -0.05) is 158 Å². The van der Waals surface area contributed by atoms with Crippen molar-refractivity contribution in [2.24, 2.45) is 0 Å². The summed E-state index contributed by atoms with van der Waals surface area (Å²) in [4.78, 5) is 6.93. The van der Waals surface area contributed by atoms with E-state index in [0.29, 0.717) is 5.56 Å². The Labute approximate surface area is 370 Å². The van der Waals surface area contributed by atoms with Crippen LogP contribution in [0.1, 0.15) is 11.1 Å². The zero-order valence-electron chi connectivity index (χ0n) is 34.8. The molecule has 1 aromatic heterocycles. The van der Waals surface area contributed by atoms with Crippen LogP contribution in [0.2, 0.25) is 0 Å². The lowest BCUT2D eigenvalue weighted by Gasteiger charge is -2.32. The minimum Gasteiger partial charge on any atom is -0.336 e. The Morgan fingerprint density at radius 3 is 1.73 bits per heavy atom. The molecule has 0 unspecified atom stereocenters. The van der Waals surface area contributed by atoms with Gasteiger partial charge in [0.1, 0.15) is 0 Å². The number of anilines is 2. The Bertz CT molecular complexity index is 3930. The summed E-state index contributed by atoms with van der Waals surface area (Å²) in [6, 6.07) is 75.5. The molecule has 1 aliphatic heterocycles. The smallest absolute Gasteiger partial charge is 0.0998 e. The second-order valence-electron chi connectivity index (χ2n) is 16.9. The summed E-state index contributed by atoms with van der Waals surface area (Å²) in [5.74, 6) is 0. The first-order valence-corrected chi connectivity index (χ1v) is 21.9. The van der Waals surface area contributed by atoms with E-state index < -0.39 is 0 Å². The summed E-state index contributed by atoms with van der Waals surface area (Å²) in [5.41, 5.74) is 13.6. The summed E-state index contributed by atoms with van der Waals surface area (Å²) in [7, 11) is 0. The van der Waals surface area contributed by atoms with Crippen LogP contribution >= 0.6 is 0 Å². The van der Waals surface area contributed by atoms with Crippen LogP contribution < -0.4 is 4.90 Å². The fourth-order valence-electron chi connectivity index (χ4n) is 10.7. The molecule has 0 amide bonds. The van der Waals surface area contributed by atoms with Gasteiger partial charge in [-0.25, -0.2) is 0 Å². The molecule has 13 rings (SSSR count). The van der Waals surface area contributed by atoms with E-state index in [9.17, 15) is 5.26 Å². The Kier molecular flexibility index (Phi) is 8.04. The highest BCUT2D eigenvalue weighted by Gasteiger charge is 2.26. The molecular weight excluding hydrogens is 775 g/mol. The number of rotatable bonds is 5. The number of hydrogen-bond donors (Lipinski definition) is 0. The SMILES string of the molecule is N#Cc1ccc2c3c1ccc1c(-c4ccc5c(-c6cccc7ccccc67)c6cc(-c7cccnc7)ccc6c(-c6cccc7ccccc67)c5c4)ccc(c13)N(c1ccccc1)C2. The third-order valence-corrected chi connectivity index (χ3v) is 13.6. The number of nitriles is 1. The monoisotopic (exact) mass is 811 g/mol. The van der Waals surface area contributed by atoms with E-state index in [1.807, 2.05) is 24.5 Å². The van der Waals surface area contributed by atoms with Gasteiger partial charge in [-0.2, -0.15) is 5.26 Å². The standard InChI is InChI=1S/C61H37N3/c62-35-42-22-23-44-37-64(45-16-2-1-3-17-45)57-31-30-48(52-29-28-49(42)58(44)61(52)57)41-25-27-54-56(34-41)60(51-21-9-14-39-12-5-7-19-47(39)51)53-26-24-40(43-15-10-32-63-36-43)33-55(53)59(54)50-20-8-13-38-11-4-6-18-46(38)50/h1-34,36H,37H2. The summed E-state index contributed by atoms with van der Waals surface area (Å²) in [5, 5.41) is 24.5. The zero-order valence-corrected chi connectivity index (χ0v) is 34.8. The first-order chi connectivity index (χ1) is 31.7. The Morgan fingerprint density at radius 1 is 0.422 bits per heavy atom. The van der Waals surface area contributed by atoms with Crippen molar-refractivity contribution in [3.05, 3.63) is 224 Å². The molecule has 0 fully saturated rings. The number of pyridine rings is 1. The van der Waals surface area contributed by atoms with E-state index >= 15 is 0 Å². The lowest BCUT2D eigenvalue weighted by Crippen LogP contribution is -2.20. The molecule has 296 valence electrons. The van der Waals surface area contributed by atoms with Gasteiger partial charge in [-0.15, -0.1) is 0 Å². The number of benzene rings is 11. The molecule has 0 radical (unpaired) electrons. The number of fused-ring (bicyclic) bond motifs is 4. The summed E-state index contributed by atoms with van der Waals surface area (Å²) < 4.78 is 0. The first kappa shape index (κ1) is 36.1. The van der Waals surface area contributed by atoms with Crippen LogP contribution in [0.25, 0.3) is 109 Å². The van der Waals surface area contributed by atoms with Crippen molar-refractivity contribution in [2.45, 2.75) is 6.54 Å². The molecule has 0 saturated carbocycles. The minimum atomic E-state index is 0.704. The van der Waals surface area contributed by atoms with E-state index in [2.05, 4.69) is 204 Å². The molecular formula is C61H37N3. The molecule has 3 nitrogen and oxygen atoms in total. The van der Waals surface area contributed by atoms with Crippen molar-refractivity contribution >= 4 is 76.0 Å². The highest BCUT2D eigenvalue weighted by molar-refractivity contribution is 6.27. The number of hydrogen-bond acceptors (Lipinski definition) is 3. The number of para-hydroxylation sites is 1. The second kappa shape index (κ2) is 14.2. The van der Waals surface area contributed by atoms with Gasteiger partial charge in [0, 0.05) is 46.6 Å². The van der Waals surface area contributed by atoms with Gasteiger partial charge in [0.05, 0.1) is 11.6 Å². The molecule has 0 spiro atoms. The largest absolute Gasteiger partial charge is 0.336 e. The van der Waals surface area contributed by atoms with Crippen molar-refractivity contribution < 1.29 is 0 Å². The average Bonchev–Trinajstić information content (AvgIpc) is 3.37. The molecule has 1 aliphatic rings. The predicted molar refractivity (Wildman–Crippen MR) is 268 cm³/mol. The van der Waals surface area contributed by atoms with Crippen molar-refractivity contribution in [3.63, 3.8) is 0 Å². The zero-order chi connectivity index (χ0) is 42.3. The van der Waals surface area contributed by atoms with Gasteiger partial charge in [-0.05, 0) is 141 Å². The van der Waals surface area contributed by atoms with E-state index in [-0.39, 0.29) is 0 Å². The molecule has 64 heavy (non-hydrogen) atoms. The van der Waals surface area contributed by atoms with Crippen molar-refractivity contribution in [3.8, 4) is 50.6 Å². The molecule has 0 atom stereocenters. The van der Waals surface area contributed by atoms with Gasteiger partial charge >= 0.3 is 0 Å². The molecule has 12 aromatic rings. The third-order valence-electron chi connectivity index (χ3n) is 13.6. The van der Waals surface area contributed by atoms with E-state index in [0.717, 1.165) is 45.6 Å². The van der Waals surface area contributed by atoms with Crippen molar-refractivity contribution in [2.75, 3.05) is 4.90 Å². The average molecular weight is 812 g/mol. The van der Waals surface area contributed by atoms with Gasteiger partial charge < -0.3 is 4.90 Å². The molecule has 0 aliphatic carbocycles. The van der Waals surface area contributed by atoms with Crippen LogP contribution in [0.15, 0.2) is 213 Å². The fraction of sp³-hybridized carbons (Fsp3) is 0.0164. The normalized spacial score (nSPS) is 12.3. The topological polar surface area (TPSA) is 39.9 Å². The highest BCUT2D eigenvalue weighted by atomic mass is 15.1. The van der Waals surface area contributed by atoms with Gasteiger partial charge in [0.2, 0.25) is 0 Å². The van der Waals surface area contributed by atoms with Crippen LogP contribution in [-0.2, 0) is 6.54 Å². The van der Waals surface area contributed by atoms with Crippen LogP contribution in [-0.4, -0.2) is 4.98 Å². The van der Waals surface area contributed by atoms with Crippen molar-refractivity contribution in [1.29, 1.82) is 5.26 Å². The molecule has 3 heteroatoms. The van der Waals surface area contributed by atoms with Crippen LogP contribution in [0.4, 0.5) is 11.4 Å².